The maximum atomic E-state index is 12.9. The largest absolute Gasteiger partial charge is 0.441 e. The number of nitro benzene ring substituents is 1. The number of non-ortho nitro benzene ring substituents is 1. The van der Waals surface area contributed by atoms with E-state index < -0.39 is 4.92 Å². The van der Waals surface area contributed by atoms with Crippen LogP contribution in [-0.2, 0) is 17.6 Å². The second-order valence-corrected chi connectivity index (χ2v) is 7.01. The average Bonchev–Trinajstić information content (AvgIpc) is 3.25. The smallest absolute Gasteiger partial charge is 0.271 e. The van der Waals surface area contributed by atoms with Gasteiger partial charge in [-0.05, 0) is 37.1 Å². The average molecular weight is 398 g/mol. The first-order chi connectivity index (χ1) is 13.4. The van der Waals surface area contributed by atoms with E-state index in [0.717, 1.165) is 11.1 Å². The quantitative estimate of drug-likeness (QED) is 0.482. The predicted molar refractivity (Wildman–Crippen MR) is 105 cm³/mol. The van der Waals surface area contributed by atoms with Gasteiger partial charge < -0.3 is 9.32 Å². The Morgan fingerprint density at radius 1 is 1.32 bits per heavy atom. The van der Waals surface area contributed by atoms with Crippen molar-refractivity contribution in [1.82, 2.24) is 4.98 Å². The Bertz CT molecular complexity index is 1090. The summed E-state index contributed by atoms with van der Waals surface area (Å²) in [6.07, 6.45) is 0.725. The van der Waals surface area contributed by atoms with E-state index in [2.05, 4.69) is 4.98 Å². The number of aryl methyl sites for hydroxylation is 1. The Morgan fingerprint density at radius 3 is 2.89 bits per heavy atom. The van der Waals surface area contributed by atoms with Crippen molar-refractivity contribution < 1.29 is 14.1 Å². The molecule has 28 heavy (non-hydrogen) atoms. The maximum absolute atomic E-state index is 12.9. The van der Waals surface area contributed by atoms with Gasteiger partial charge in [-0.25, -0.2) is 4.98 Å². The molecule has 0 bridgehead atoms. The predicted octanol–water partition coefficient (Wildman–Crippen LogP) is 4.34. The first-order valence-corrected chi connectivity index (χ1v) is 9.10. The molecule has 2 heterocycles. The van der Waals surface area contributed by atoms with Crippen molar-refractivity contribution in [2.24, 2.45) is 0 Å². The van der Waals surface area contributed by atoms with Gasteiger partial charge in [-0.2, -0.15) is 0 Å². The van der Waals surface area contributed by atoms with Crippen molar-refractivity contribution in [1.29, 1.82) is 0 Å². The van der Waals surface area contributed by atoms with Crippen LogP contribution < -0.4 is 4.90 Å². The number of carbonyl (C=O) groups is 1. The summed E-state index contributed by atoms with van der Waals surface area (Å²) in [6, 6.07) is 11.8. The fourth-order valence-corrected chi connectivity index (χ4v) is 3.51. The van der Waals surface area contributed by atoms with E-state index in [4.69, 9.17) is 16.0 Å². The number of aromatic nitrogens is 1. The van der Waals surface area contributed by atoms with Crippen molar-refractivity contribution in [2.45, 2.75) is 19.8 Å². The van der Waals surface area contributed by atoms with Gasteiger partial charge in [0.15, 0.2) is 0 Å². The Hall–Kier alpha value is -3.19. The Kier molecular flexibility index (Phi) is 4.60. The maximum Gasteiger partial charge on any atom is 0.271 e. The van der Waals surface area contributed by atoms with Crippen molar-refractivity contribution in [3.05, 3.63) is 74.6 Å². The van der Waals surface area contributed by atoms with E-state index in [1.54, 1.807) is 36.1 Å². The summed E-state index contributed by atoms with van der Waals surface area (Å²) in [5.74, 6) is 0.787. The lowest BCUT2D eigenvalue weighted by Gasteiger charge is -2.16. The molecule has 1 aromatic heterocycles. The Morgan fingerprint density at radius 2 is 2.14 bits per heavy atom. The summed E-state index contributed by atoms with van der Waals surface area (Å²) in [5, 5.41) is 11.6. The van der Waals surface area contributed by atoms with Crippen LogP contribution in [0.4, 0.5) is 11.4 Å². The fraction of sp³-hybridized carbons (Fsp3) is 0.200. The molecule has 0 saturated carbocycles. The number of hydrogen-bond donors (Lipinski definition) is 0. The lowest BCUT2D eigenvalue weighted by Crippen LogP contribution is -2.30. The number of halogens is 1. The second-order valence-electron chi connectivity index (χ2n) is 6.57. The van der Waals surface area contributed by atoms with Crippen molar-refractivity contribution in [3.63, 3.8) is 0 Å². The zero-order valence-corrected chi connectivity index (χ0v) is 15.8. The normalized spacial score (nSPS) is 12.9. The molecule has 2 aromatic carbocycles. The van der Waals surface area contributed by atoms with Crippen molar-refractivity contribution >= 4 is 28.9 Å². The fourth-order valence-electron chi connectivity index (χ4n) is 3.32. The van der Waals surface area contributed by atoms with Gasteiger partial charge in [0.2, 0.25) is 11.8 Å². The number of benzene rings is 2. The highest BCUT2D eigenvalue weighted by atomic mass is 35.5. The molecule has 0 spiro atoms. The van der Waals surface area contributed by atoms with Crippen molar-refractivity contribution in [2.75, 3.05) is 11.4 Å². The molecule has 0 radical (unpaired) electrons. The van der Waals surface area contributed by atoms with Gasteiger partial charge in [-0.15, -0.1) is 0 Å². The molecule has 1 aliphatic heterocycles. The molecule has 0 fully saturated rings. The molecule has 1 amide bonds. The summed E-state index contributed by atoms with van der Waals surface area (Å²) in [5.41, 5.74) is 2.76. The lowest BCUT2D eigenvalue weighted by molar-refractivity contribution is -0.384. The van der Waals surface area contributed by atoms with Crippen molar-refractivity contribution in [3.8, 4) is 11.5 Å². The van der Waals surface area contributed by atoms with Crippen LogP contribution in [0.3, 0.4) is 0 Å². The number of rotatable bonds is 4. The number of carbonyl (C=O) groups excluding carboxylic acids is 1. The van der Waals surface area contributed by atoms with Gasteiger partial charge >= 0.3 is 0 Å². The monoisotopic (exact) mass is 397 g/mol. The van der Waals surface area contributed by atoms with E-state index in [0.29, 0.717) is 41.0 Å². The third-order valence-electron chi connectivity index (χ3n) is 4.76. The summed E-state index contributed by atoms with van der Waals surface area (Å²) in [7, 11) is 0. The third-order valence-corrected chi connectivity index (χ3v) is 4.99. The van der Waals surface area contributed by atoms with E-state index in [9.17, 15) is 14.9 Å². The number of hydrogen-bond acceptors (Lipinski definition) is 5. The lowest BCUT2D eigenvalue weighted by atomic mass is 10.1. The van der Waals surface area contributed by atoms with Gasteiger partial charge in [0.25, 0.3) is 5.69 Å². The minimum absolute atomic E-state index is 0.0284. The molecule has 4 rings (SSSR count). The van der Waals surface area contributed by atoms with Gasteiger partial charge in [0, 0.05) is 29.3 Å². The molecule has 1 aliphatic rings. The molecule has 7 nitrogen and oxygen atoms in total. The van der Waals surface area contributed by atoms with Crippen LogP contribution in [0.1, 0.15) is 17.0 Å². The molecule has 0 aliphatic carbocycles. The number of fused-ring (bicyclic) bond motifs is 1. The SMILES string of the molecule is Cc1oc(-c2cccc(Cl)c2)nc1CC(=O)N1CCc2ccc([N+](=O)[O-])cc21. The Balaban J connectivity index is 1.58. The standard InChI is InChI=1S/C20H16ClN3O4/c1-12-17(22-20(28-12)14-3-2-4-15(21)9-14)11-19(25)23-8-7-13-5-6-16(24(26)27)10-18(13)23/h2-6,9-10H,7-8,11H2,1H3. The minimum atomic E-state index is -0.458. The number of amides is 1. The molecule has 0 unspecified atom stereocenters. The molecular formula is C20H16ClN3O4. The van der Waals surface area contributed by atoms with Gasteiger partial charge in [0.05, 0.1) is 22.7 Å². The second kappa shape index (κ2) is 7.09. The molecule has 3 aromatic rings. The number of nitro groups is 1. The van der Waals surface area contributed by atoms with E-state index in [1.807, 2.05) is 6.07 Å². The zero-order chi connectivity index (χ0) is 19.8. The molecule has 8 heteroatoms. The summed E-state index contributed by atoms with van der Waals surface area (Å²) >= 11 is 6.02. The highest BCUT2D eigenvalue weighted by Crippen LogP contribution is 2.32. The number of oxazole rings is 1. The number of nitrogens with zero attached hydrogens (tertiary/aromatic N) is 3. The van der Waals surface area contributed by atoms with Crippen LogP contribution in [0.15, 0.2) is 46.9 Å². The van der Waals surface area contributed by atoms with E-state index in [-0.39, 0.29) is 18.0 Å². The Labute approximate surface area is 165 Å². The molecular weight excluding hydrogens is 382 g/mol. The highest BCUT2D eigenvalue weighted by molar-refractivity contribution is 6.30. The van der Waals surface area contributed by atoms with Crippen LogP contribution in [-0.4, -0.2) is 22.4 Å². The highest BCUT2D eigenvalue weighted by Gasteiger charge is 2.28. The van der Waals surface area contributed by atoms with Gasteiger partial charge in [-0.3, -0.25) is 14.9 Å². The van der Waals surface area contributed by atoms with Gasteiger partial charge in [0.1, 0.15) is 5.76 Å². The number of anilines is 1. The first kappa shape index (κ1) is 18.2. The van der Waals surface area contributed by atoms with Crippen LogP contribution in [0, 0.1) is 17.0 Å². The van der Waals surface area contributed by atoms with E-state index >= 15 is 0 Å². The van der Waals surface area contributed by atoms with Crippen LogP contribution in [0.5, 0.6) is 0 Å². The minimum Gasteiger partial charge on any atom is -0.441 e. The molecule has 0 atom stereocenters. The zero-order valence-electron chi connectivity index (χ0n) is 15.0. The molecule has 142 valence electrons. The topological polar surface area (TPSA) is 89.5 Å². The van der Waals surface area contributed by atoms with Crippen LogP contribution in [0.25, 0.3) is 11.5 Å². The van der Waals surface area contributed by atoms with Gasteiger partial charge in [-0.1, -0.05) is 23.7 Å². The first-order valence-electron chi connectivity index (χ1n) is 8.72. The summed E-state index contributed by atoms with van der Waals surface area (Å²) in [4.78, 5) is 29.5. The summed E-state index contributed by atoms with van der Waals surface area (Å²) in [6.45, 7) is 2.25. The molecule has 0 N–H and O–H groups in total. The third kappa shape index (κ3) is 3.36. The van der Waals surface area contributed by atoms with Crippen LogP contribution in [0.2, 0.25) is 5.02 Å². The van der Waals surface area contributed by atoms with Crippen LogP contribution >= 0.6 is 11.6 Å². The van der Waals surface area contributed by atoms with E-state index in [1.165, 1.54) is 12.1 Å². The molecule has 0 saturated heterocycles. The summed E-state index contributed by atoms with van der Waals surface area (Å²) < 4.78 is 5.71.